The molecule has 2 N–H and O–H groups in total. The predicted molar refractivity (Wildman–Crippen MR) is 105 cm³/mol. The second-order valence-corrected chi connectivity index (χ2v) is 8.25. The van der Waals surface area contributed by atoms with E-state index in [0.29, 0.717) is 0 Å². The van der Waals surface area contributed by atoms with Crippen LogP contribution in [0.1, 0.15) is 52.0 Å². The van der Waals surface area contributed by atoms with Gasteiger partial charge < -0.3 is 20.1 Å². The Bertz CT molecular complexity index is 692. The molecule has 0 radical (unpaired) electrons. The number of rotatable bonds is 8. The maximum atomic E-state index is 12.4. The molecule has 2 rings (SSSR count). The summed E-state index contributed by atoms with van der Waals surface area (Å²) < 4.78 is 9.90. The van der Waals surface area contributed by atoms with Gasteiger partial charge in [-0.3, -0.25) is 4.79 Å². The van der Waals surface area contributed by atoms with Crippen LogP contribution in [0.25, 0.3) is 0 Å². The molecule has 1 saturated carbocycles. The van der Waals surface area contributed by atoms with Crippen LogP contribution in [0, 0.1) is 0 Å². The minimum Gasteiger partial charge on any atom is -0.467 e. The van der Waals surface area contributed by atoms with E-state index in [0.717, 1.165) is 19.3 Å². The largest absolute Gasteiger partial charge is 0.467 e. The molecule has 0 aliphatic heterocycles. The van der Waals surface area contributed by atoms with Crippen LogP contribution in [-0.2, 0) is 25.5 Å². The normalized spacial score (nSPS) is 15.9. The van der Waals surface area contributed by atoms with Crippen molar-refractivity contribution in [2.24, 2.45) is 0 Å². The van der Waals surface area contributed by atoms with E-state index < -0.39 is 23.7 Å². The maximum absolute atomic E-state index is 12.4. The van der Waals surface area contributed by atoms with Gasteiger partial charge in [0.2, 0.25) is 5.91 Å². The van der Waals surface area contributed by atoms with Gasteiger partial charge in [-0.05, 0) is 52.0 Å². The summed E-state index contributed by atoms with van der Waals surface area (Å²) in [4.78, 5) is 36.3. The van der Waals surface area contributed by atoms with Crippen molar-refractivity contribution in [1.29, 1.82) is 0 Å². The van der Waals surface area contributed by atoms with Gasteiger partial charge in [0.1, 0.15) is 11.6 Å². The highest BCUT2D eigenvalue weighted by molar-refractivity contribution is 5.83. The van der Waals surface area contributed by atoms with Gasteiger partial charge in [0.25, 0.3) is 0 Å². The lowest BCUT2D eigenvalue weighted by molar-refractivity contribution is -0.143. The number of hydrogen-bond acceptors (Lipinski definition) is 5. The fourth-order valence-electron chi connectivity index (χ4n) is 2.96. The van der Waals surface area contributed by atoms with Crippen molar-refractivity contribution in [2.45, 2.75) is 70.1 Å². The van der Waals surface area contributed by atoms with E-state index in [2.05, 4.69) is 10.6 Å². The zero-order chi connectivity index (χ0) is 20.8. The summed E-state index contributed by atoms with van der Waals surface area (Å²) in [5, 5.41) is 5.57. The van der Waals surface area contributed by atoms with Gasteiger partial charge in [0.05, 0.1) is 7.11 Å². The molecule has 0 heterocycles. The predicted octanol–water partition coefficient (Wildman–Crippen LogP) is 2.72. The second kappa shape index (κ2) is 9.08. The zero-order valence-electron chi connectivity index (χ0n) is 17.0. The van der Waals surface area contributed by atoms with Gasteiger partial charge in [0, 0.05) is 12.0 Å². The van der Waals surface area contributed by atoms with Crippen LogP contribution in [-0.4, -0.2) is 42.3 Å². The highest BCUT2D eigenvalue weighted by Gasteiger charge is 2.43. The molecule has 0 aromatic heterocycles. The molecule has 0 spiro atoms. The van der Waals surface area contributed by atoms with Crippen LogP contribution in [0.2, 0.25) is 0 Å². The molecule has 1 aliphatic rings. The first-order chi connectivity index (χ1) is 13.1. The Labute approximate surface area is 166 Å². The van der Waals surface area contributed by atoms with Crippen molar-refractivity contribution < 1.29 is 23.9 Å². The van der Waals surface area contributed by atoms with Crippen LogP contribution in [0.3, 0.4) is 0 Å². The minimum atomic E-state index is -0.935. The van der Waals surface area contributed by atoms with Gasteiger partial charge in [-0.1, -0.05) is 30.3 Å². The number of alkyl carbamates (subject to hydrolysis) is 1. The molecule has 1 fully saturated rings. The van der Waals surface area contributed by atoms with Crippen LogP contribution in [0.4, 0.5) is 4.79 Å². The highest BCUT2D eigenvalue weighted by atomic mass is 16.6. The SMILES string of the molecule is COC(=O)[C@H](CCC(=O)NC1(Cc2ccccc2)CC1)NC(=O)OC(C)(C)C. The number of carbonyl (C=O) groups is 3. The van der Waals surface area contributed by atoms with Crippen molar-refractivity contribution in [2.75, 3.05) is 7.11 Å². The molecule has 2 amide bonds. The summed E-state index contributed by atoms with van der Waals surface area (Å²) >= 11 is 0. The van der Waals surface area contributed by atoms with Crippen molar-refractivity contribution in [1.82, 2.24) is 10.6 Å². The van der Waals surface area contributed by atoms with E-state index in [-0.39, 0.29) is 24.3 Å². The molecule has 0 unspecified atom stereocenters. The number of carbonyl (C=O) groups excluding carboxylic acids is 3. The lowest BCUT2D eigenvalue weighted by Crippen LogP contribution is -2.45. The third kappa shape index (κ3) is 7.21. The maximum Gasteiger partial charge on any atom is 0.408 e. The average Bonchev–Trinajstić information content (AvgIpc) is 3.35. The first-order valence-corrected chi connectivity index (χ1v) is 9.55. The number of benzene rings is 1. The Morgan fingerprint density at radius 1 is 1.14 bits per heavy atom. The van der Waals surface area contributed by atoms with Crippen LogP contribution in [0.5, 0.6) is 0 Å². The molecule has 1 aromatic rings. The van der Waals surface area contributed by atoms with E-state index in [1.165, 1.54) is 12.7 Å². The van der Waals surface area contributed by atoms with E-state index >= 15 is 0 Å². The first kappa shape index (κ1) is 21.7. The molecule has 28 heavy (non-hydrogen) atoms. The van der Waals surface area contributed by atoms with Crippen molar-refractivity contribution in [3.05, 3.63) is 35.9 Å². The van der Waals surface area contributed by atoms with Crippen LogP contribution in [0.15, 0.2) is 30.3 Å². The van der Waals surface area contributed by atoms with Crippen molar-refractivity contribution in [3.8, 4) is 0 Å². The number of hydrogen-bond donors (Lipinski definition) is 2. The summed E-state index contributed by atoms with van der Waals surface area (Å²) in [5.41, 5.74) is 0.301. The fraction of sp³-hybridized carbons (Fsp3) is 0.571. The number of methoxy groups -OCH3 is 1. The first-order valence-electron chi connectivity index (χ1n) is 9.55. The number of amides is 2. The Morgan fingerprint density at radius 2 is 1.79 bits per heavy atom. The Morgan fingerprint density at radius 3 is 2.32 bits per heavy atom. The van der Waals surface area contributed by atoms with E-state index in [4.69, 9.17) is 9.47 Å². The van der Waals surface area contributed by atoms with E-state index in [1.807, 2.05) is 30.3 Å². The lowest BCUT2D eigenvalue weighted by atomic mass is 10.0. The Kier molecular flexibility index (Phi) is 7.05. The standard InChI is InChI=1S/C21H30N2O5/c1-20(2,3)28-19(26)22-16(18(25)27-4)10-11-17(24)23-21(12-13-21)14-15-8-6-5-7-9-15/h5-9,16H,10-14H2,1-4H3,(H,22,26)(H,23,24)/t16-/m0/s1. The molecular formula is C21H30N2O5. The molecular weight excluding hydrogens is 360 g/mol. The molecule has 0 saturated heterocycles. The van der Waals surface area contributed by atoms with Crippen LogP contribution < -0.4 is 10.6 Å². The van der Waals surface area contributed by atoms with Crippen molar-refractivity contribution >= 4 is 18.0 Å². The van der Waals surface area contributed by atoms with Gasteiger partial charge in [-0.2, -0.15) is 0 Å². The third-order valence-corrected chi connectivity index (χ3v) is 4.48. The topological polar surface area (TPSA) is 93.7 Å². The number of esters is 1. The molecule has 0 bridgehead atoms. The average molecular weight is 390 g/mol. The molecule has 7 heteroatoms. The Balaban J connectivity index is 1.85. The van der Waals surface area contributed by atoms with Gasteiger partial charge in [-0.25, -0.2) is 9.59 Å². The summed E-state index contributed by atoms with van der Waals surface area (Å²) in [6.45, 7) is 5.19. The summed E-state index contributed by atoms with van der Waals surface area (Å²) in [7, 11) is 1.24. The number of nitrogens with one attached hydrogen (secondary N) is 2. The molecule has 7 nitrogen and oxygen atoms in total. The highest BCUT2D eigenvalue weighted by Crippen LogP contribution is 2.38. The van der Waals surface area contributed by atoms with Gasteiger partial charge in [-0.15, -0.1) is 0 Å². The Hall–Kier alpha value is -2.57. The van der Waals surface area contributed by atoms with E-state index in [1.54, 1.807) is 20.8 Å². The van der Waals surface area contributed by atoms with Crippen LogP contribution >= 0.6 is 0 Å². The molecule has 1 atom stereocenters. The summed E-state index contributed by atoms with van der Waals surface area (Å²) in [6, 6.07) is 9.09. The minimum absolute atomic E-state index is 0.103. The fourth-order valence-corrected chi connectivity index (χ4v) is 2.96. The summed E-state index contributed by atoms with van der Waals surface area (Å²) in [6.07, 6.45) is 2.18. The molecule has 154 valence electrons. The van der Waals surface area contributed by atoms with Gasteiger partial charge in [0.15, 0.2) is 0 Å². The smallest absolute Gasteiger partial charge is 0.408 e. The molecule has 1 aliphatic carbocycles. The monoisotopic (exact) mass is 390 g/mol. The zero-order valence-corrected chi connectivity index (χ0v) is 17.0. The molecule has 1 aromatic carbocycles. The second-order valence-electron chi connectivity index (χ2n) is 8.25. The van der Waals surface area contributed by atoms with Gasteiger partial charge >= 0.3 is 12.1 Å². The van der Waals surface area contributed by atoms with E-state index in [9.17, 15) is 14.4 Å². The third-order valence-electron chi connectivity index (χ3n) is 4.48. The van der Waals surface area contributed by atoms with Crippen molar-refractivity contribution in [3.63, 3.8) is 0 Å². The number of ether oxygens (including phenoxy) is 2. The summed E-state index contributed by atoms with van der Waals surface area (Å²) in [5.74, 6) is -0.752. The quantitative estimate of drug-likeness (QED) is 0.666. The lowest BCUT2D eigenvalue weighted by Gasteiger charge is -2.23.